The van der Waals surface area contributed by atoms with Crippen molar-refractivity contribution in [1.29, 1.82) is 0 Å². The van der Waals surface area contributed by atoms with Crippen molar-refractivity contribution in [2.45, 2.75) is 26.7 Å². The fraction of sp³-hybridized carbons (Fsp3) is 0.467. The van der Waals surface area contributed by atoms with Crippen LogP contribution >= 0.6 is 0 Å². The number of aryl methyl sites for hydroxylation is 1. The van der Waals surface area contributed by atoms with Gasteiger partial charge in [0.05, 0.1) is 0 Å². The van der Waals surface area contributed by atoms with Crippen LogP contribution in [0, 0.1) is 12.8 Å². The molecule has 0 bridgehead atoms. The number of allylic oxidation sites excluding steroid dienone is 1. The molecule has 0 amide bonds. The Bertz CT molecular complexity index is 386. The molecule has 1 aromatic carbocycles. The highest BCUT2D eigenvalue weighted by atomic mass is 14.9. The zero-order valence-electron chi connectivity index (χ0n) is 10.3. The van der Waals surface area contributed by atoms with Crippen LogP contribution in [0.15, 0.2) is 24.8 Å². The van der Waals surface area contributed by atoms with E-state index in [1.54, 1.807) is 0 Å². The average molecular weight is 215 g/mol. The van der Waals surface area contributed by atoms with Crippen molar-refractivity contribution in [3.63, 3.8) is 0 Å². The van der Waals surface area contributed by atoms with Gasteiger partial charge >= 0.3 is 0 Å². The van der Waals surface area contributed by atoms with Crippen molar-refractivity contribution < 1.29 is 0 Å². The predicted molar refractivity (Wildman–Crippen MR) is 70.6 cm³/mol. The van der Waals surface area contributed by atoms with Gasteiger partial charge < -0.3 is 5.32 Å². The SMILES string of the molecule is C=C(C)c1cc(CC2CCNC2)ccc1C. The Morgan fingerprint density at radius 2 is 2.31 bits per heavy atom. The van der Waals surface area contributed by atoms with Gasteiger partial charge in [-0.25, -0.2) is 0 Å². The molecule has 0 aliphatic carbocycles. The van der Waals surface area contributed by atoms with E-state index in [-0.39, 0.29) is 0 Å². The second-order valence-corrected chi connectivity index (χ2v) is 4.99. The van der Waals surface area contributed by atoms with Crippen molar-refractivity contribution in [2.75, 3.05) is 13.1 Å². The van der Waals surface area contributed by atoms with Crippen LogP contribution in [0.5, 0.6) is 0 Å². The second-order valence-electron chi connectivity index (χ2n) is 4.99. The van der Waals surface area contributed by atoms with Gasteiger partial charge in [-0.15, -0.1) is 0 Å². The summed E-state index contributed by atoms with van der Waals surface area (Å²) >= 11 is 0. The minimum atomic E-state index is 0.820. The maximum Gasteiger partial charge on any atom is -0.00169 e. The summed E-state index contributed by atoms with van der Waals surface area (Å²) in [7, 11) is 0. The number of hydrogen-bond acceptors (Lipinski definition) is 1. The standard InChI is InChI=1S/C15H21N/c1-11(2)15-9-13(5-4-12(15)3)8-14-6-7-16-10-14/h4-5,9,14,16H,1,6-8,10H2,2-3H3. The summed E-state index contributed by atoms with van der Waals surface area (Å²) in [5.74, 6) is 0.820. The molecule has 1 aliphatic heterocycles. The Hall–Kier alpha value is -1.08. The lowest BCUT2D eigenvalue weighted by atomic mass is 9.94. The summed E-state index contributed by atoms with van der Waals surface area (Å²) in [6.07, 6.45) is 2.52. The largest absolute Gasteiger partial charge is 0.316 e. The highest BCUT2D eigenvalue weighted by Crippen LogP contribution is 2.21. The molecule has 0 aromatic heterocycles. The molecule has 1 aromatic rings. The quantitative estimate of drug-likeness (QED) is 0.816. The van der Waals surface area contributed by atoms with E-state index in [1.807, 2.05) is 0 Å². The summed E-state index contributed by atoms with van der Waals surface area (Å²) in [4.78, 5) is 0. The van der Waals surface area contributed by atoms with E-state index in [1.165, 1.54) is 48.2 Å². The van der Waals surface area contributed by atoms with Gasteiger partial charge in [-0.2, -0.15) is 0 Å². The van der Waals surface area contributed by atoms with Gasteiger partial charge in [-0.05, 0) is 62.4 Å². The highest BCUT2D eigenvalue weighted by Gasteiger charge is 2.15. The van der Waals surface area contributed by atoms with Crippen molar-refractivity contribution in [3.8, 4) is 0 Å². The van der Waals surface area contributed by atoms with Crippen LogP contribution in [-0.2, 0) is 6.42 Å². The molecule has 1 unspecified atom stereocenters. The highest BCUT2D eigenvalue weighted by molar-refractivity contribution is 5.65. The Labute approximate surface area is 98.6 Å². The maximum absolute atomic E-state index is 4.05. The Morgan fingerprint density at radius 3 is 2.94 bits per heavy atom. The molecule has 0 radical (unpaired) electrons. The van der Waals surface area contributed by atoms with Crippen LogP contribution in [0.1, 0.15) is 30.0 Å². The fourth-order valence-electron chi connectivity index (χ4n) is 2.48. The van der Waals surface area contributed by atoms with E-state index in [0.717, 1.165) is 5.92 Å². The van der Waals surface area contributed by atoms with Crippen molar-refractivity contribution >= 4 is 5.57 Å². The van der Waals surface area contributed by atoms with Crippen LogP contribution in [0.2, 0.25) is 0 Å². The Balaban J connectivity index is 2.15. The minimum Gasteiger partial charge on any atom is -0.316 e. The van der Waals surface area contributed by atoms with Crippen LogP contribution in [0.4, 0.5) is 0 Å². The summed E-state index contributed by atoms with van der Waals surface area (Å²) in [5.41, 5.74) is 5.28. The molecular formula is C15H21N. The van der Waals surface area contributed by atoms with Crippen LogP contribution in [0.25, 0.3) is 5.57 Å². The van der Waals surface area contributed by atoms with Gasteiger partial charge in [-0.1, -0.05) is 30.4 Å². The molecule has 16 heavy (non-hydrogen) atoms. The zero-order valence-corrected chi connectivity index (χ0v) is 10.3. The zero-order chi connectivity index (χ0) is 11.5. The lowest BCUT2D eigenvalue weighted by molar-refractivity contribution is 0.580. The molecular weight excluding hydrogens is 194 g/mol. The average Bonchev–Trinajstić information content (AvgIpc) is 2.73. The van der Waals surface area contributed by atoms with Crippen LogP contribution < -0.4 is 5.32 Å². The monoisotopic (exact) mass is 215 g/mol. The Morgan fingerprint density at radius 1 is 1.50 bits per heavy atom. The molecule has 0 spiro atoms. The van der Waals surface area contributed by atoms with E-state index >= 15 is 0 Å². The Kier molecular flexibility index (Phi) is 3.45. The normalized spacial score (nSPS) is 20.0. The fourth-order valence-corrected chi connectivity index (χ4v) is 2.48. The topological polar surface area (TPSA) is 12.0 Å². The maximum atomic E-state index is 4.05. The predicted octanol–water partition coefficient (Wildman–Crippen LogP) is 3.18. The van der Waals surface area contributed by atoms with E-state index in [4.69, 9.17) is 0 Å². The van der Waals surface area contributed by atoms with Gasteiger partial charge in [-0.3, -0.25) is 0 Å². The van der Waals surface area contributed by atoms with Crippen molar-refractivity contribution in [3.05, 3.63) is 41.5 Å². The van der Waals surface area contributed by atoms with E-state index < -0.39 is 0 Å². The molecule has 1 N–H and O–H groups in total. The lowest BCUT2D eigenvalue weighted by Gasteiger charge is -2.12. The van der Waals surface area contributed by atoms with Gasteiger partial charge in [0.1, 0.15) is 0 Å². The minimum absolute atomic E-state index is 0.820. The first-order valence-corrected chi connectivity index (χ1v) is 6.13. The smallest absolute Gasteiger partial charge is 0.00169 e. The molecule has 1 saturated heterocycles. The summed E-state index contributed by atoms with van der Waals surface area (Å²) < 4.78 is 0. The number of hydrogen-bond donors (Lipinski definition) is 1. The van der Waals surface area contributed by atoms with Crippen molar-refractivity contribution in [1.82, 2.24) is 5.32 Å². The molecule has 1 heterocycles. The molecule has 0 saturated carbocycles. The molecule has 2 rings (SSSR count). The van der Waals surface area contributed by atoms with E-state index in [9.17, 15) is 0 Å². The molecule has 1 fully saturated rings. The van der Waals surface area contributed by atoms with E-state index in [2.05, 4.69) is 43.9 Å². The number of benzene rings is 1. The van der Waals surface area contributed by atoms with Crippen LogP contribution in [0.3, 0.4) is 0 Å². The van der Waals surface area contributed by atoms with Gasteiger partial charge in [0.2, 0.25) is 0 Å². The number of rotatable bonds is 3. The van der Waals surface area contributed by atoms with Crippen LogP contribution in [-0.4, -0.2) is 13.1 Å². The first-order chi connectivity index (χ1) is 7.66. The third-order valence-corrected chi connectivity index (χ3v) is 3.45. The van der Waals surface area contributed by atoms with Crippen molar-refractivity contribution in [2.24, 2.45) is 5.92 Å². The molecule has 86 valence electrons. The number of nitrogens with one attached hydrogen (secondary N) is 1. The van der Waals surface area contributed by atoms with Gasteiger partial charge in [0.15, 0.2) is 0 Å². The summed E-state index contributed by atoms with van der Waals surface area (Å²) in [6.45, 7) is 10.7. The molecule has 1 aliphatic rings. The first-order valence-electron chi connectivity index (χ1n) is 6.13. The molecule has 1 nitrogen and oxygen atoms in total. The molecule has 1 atom stereocenters. The third-order valence-electron chi connectivity index (χ3n) is 3.45. The summed E-state index contributed by atoms with van der Waals surface area (Å²) in [5, 5.41) is 3.42. The lowest BCUT2D eigenvalue weighted by Crippen LogP contribution is -2.10. The third kappa shape index (κ3) is 2.53. The van der Waals surface area contributed by atoms with E-state index in [0.29, 0.717) is 0 Å². The van der Waals surface area contributed by atoms with Gasteiger partial charge in [0, 0.05) is 0 Å². The summed E-state index contributed by atoms with van der Waals surface area (Å²) in [6, 6.07) is 6.80. The van der Waals surface area contributed by atoms with Gasteiger partial charge in [0.25, 0.3) is 0 Å². The molecule has 1 heteroatoms. The second kappa shape index (κ2) is 4.84. The first kappa shape index (κ1) is 11.4.